The topological polar surface area (TPSA) is 92.5 Å². The first-order valence-electron chi connectivity index (χ1n) is 6.31. The fourth-order valence-electron chi connectivity index (χ4n) is 1.87. The molecule has 20 heavy (non-hydrogen) atoms. The van der Waals surface area contributed by atoms with E-state index in [0.29, 0.717) is 11.3 Å². The predicted octanol–water partition coefficient (Wildman–Crippen LogP) is 0.642. The Morgan fingerprint density at radius 3 is 2.45 bits per heavy atom. The Kier molecular flexibility index (Phi) is 5.13. The molecule has 0 fully saturated rings. The zero-order valence-electron chi connectivity index (χ0n) is 12.2. The Labute approximate surface area is 120 Å². The summed E-state index contributed by atoms with van der Waals surface area (Å²) in [4.78, 5) is 11.6. The van der Waals surface area contributed by atoms with Crippen LogP contribution in [-0.2, 0) is 14.8 Å². The quantitative estimate of drug-likeness (QED) is 0.780. The number of nitrogens with two attached hydrogens (primary N) is 1. The molecule has 6 nitrogen and oxygen atoms in total. The monoisotopic (exact) mass is 299 g/mol. The van der Waals surface area contributed by atoms with Crippen molar-refractivity contribution in [3.63, 3.8) is 0 Å². The lowest BCUT2D eigenvalue weighted by Gasteiger charge is -2.21. The Morgan fingerprint density at radius 1 is 1.35 bits per heavy atom. The Hall–Kier alpha value is -1.60. The van der Waals surface area contributed by atoms with Crippen LogP contribution >= 0.6 is 0 Å². The predicted molar refractivity (Wildman–Crippen MR) is 78.8 cm³/mol. The maximum absolute atomic E-state index is 12.6. The van der Waals surface area contributed by atoms with Crippen LogP contribution in [-0.4, -0.2) is 38.8 Å². The number of nitrogen functional groups attached to an aromatic ring is 1. The zero-order valence-corrected chi connectivity index (χ0v) is 13.0. The number of amides is 1. The maximum atomic E-state index is 12.6. The molecule has 0 aliphatic carbocycles. The summed E-state index contributed by atoms with van der Waals surface area (Å²) < 4.78 is 26.4. The molecular weight excluding hydrogens is 278 g/mol. The average molecular weight is 299 g/mol. The molecule has 7 heteroatoms. The molecule has 0 aromatic heterocycles. The highest BCUT2D eigenvalue weighted by Gasteiger charge is 2.27. The van der Waals surface area contributed by atoms with E-state index in [1.807, 2.05) is 0 Å². The number of sulfonamides is 1. The fraction of sp³-hybridized carbons (Fsp3) is 0.462. The molecule has 0 atom stereocenters. The highest BCUT2D eigenvalue weighted by molar-refractivity contribution is 7.89. The molecular formula is C13H21N3O3S. The molecule has 0 aliphatic rings. The summed E-state index contributed by atoms with van der Waals surface area (Å²) in [7, 11) is -2.27. The summed E-state index contributed by atoms with van der Waals surface area (Å²) in [6.07, 6.45) is 0. The van der Waals surface area contributed by atoms with Crippen LogP contribution in [0.1, 0.15) is 18.1 Å². The van der Waals surface area contributed by atoms with Crippen LogP contribution in [0.25, 0.3) is 0 Å². The summed E-state index contributed by atoms with van der Waals surface area (Å²) in [5, 5.41) is 2.42. The number of likely N-dealkylation sites (N-methyl/N-ethyl adjacent to an activating group) is 2. The number of benzene rings is 1. The highest BCUT2D eigenvalue weighted by Crippen LogP contribution is 2.25. The van der Waals surface area contributed by atoms with Gasteiger partial charge < -0.3 is 11.1 Å². The summed E-state index contributed by atoms with van der Waals surface area (Å²) in [6.45, 7) is 5.14. The number of carbonyl (C=O) groups is 1. The van der Waals surface area contributed by atoms with Crippen LogP contribution in [0, 0.1) is 13.8 Å². The summed E-state index contributed by atoms with van der Waals surface area (Å²) in [5.41, 5.74) is 7.53. The van der Waals surface area contributed by atoms with Crippen molar-refractivity contribution in [2.24, 2.45) is 0 Å². The van der Waals surface area contributed by atoms with E-state index in [1.54, 1.807) is 32.9 Å². The molecule has 0 saturated carbocycles. The van der Waals surface area contributed by atoms with E-state index in [2.05, 4.69) is 5.32 Å². The second-order valence-corrected chi connectivity index (χ2v) is 6.49. The number of carbonyl (C=O) groups excluding carboxylic acids is 1. The number of anilines is 1. The molecule has 0 unspecified atom stereocenters. The lowest BCUT2D eigenvalue weighted by Crippen LogP contribution is -2.39. The van der Waals surface area contributed by atoms with Crippen molar-refractivity contribution < 1.29 is 13.2 Å². The molecule has 1 rings (SSSR count). The third kappa shape index (κ3) is 3.29. The van der Waals surface area contributed by atoms with Crippen LogP contribution in [0.15, 0.2) is 17.0 Å². The van der Waals surface area contributed by atoms with Crippen molar-refractivity contribution in [2.75, 3.05) is 25.9 Å². The van der Waals surface area contributed by atoms with E-state index in [4.69, 9.17) is 5.73 Å². The van der Waals surface area contributed by atoms with Crippen molar-refractivity contribution in [1.82, 2.24) is 9.62 Å². The van der Waals surface area contributed by atoms with Crippen LogP contribution in [0.2, 0.25) is 0 Å². The first kappa shape index (κ1) is 16.5. The van der Waals surface area contributed by atoms with E-state index in [-0.39, 0.29) is 23.9 Å². The number of hydrogen-bond donors (Lipinski definition) is 2. The molecule has 0 radical (unpaired) electrons. The molecule has 0 heterocycles. The van der Waals surface area contributed by atoms with Gasteiger partial charge in [0, 0.05) is 19.3 Å². The SMILES string of the molecule is CCN(CC(=O)NC)S(=O)(=O)c1cc(C)cc(N)c1C. The van der Waals surface area contributed by atoms with Gasteiger partial charge in [0.25, 0.3) is 0 Å². The maximum Gasteiger partial charge on any atom is 0.243 e. The highest BCUT2D eigenvalue weighted by atomic mass is 32.2. The molecule has 1 amide bonds. The largest absolute Gasteiger partial charge is 0.398 e. The minimum absolute atomic E-state index is 0.153. The lowest BCUT2D eigenvalue weighted by molar-refractivity contribution is -0.120. The van der Waals surface area contributed by atoms with E-state index >= 15 is 0 Å². The van der Waals surface area contributed by atoms with Gasteiger partial charge in [-0.25, -0.2) is 8.42 Å². The summed E-state index contributed by atoms with van der Waals surface area (Å²) in [5.74, 6) is -0.353. The van der Waals surface area contributed by atoms with Crippen LogP contribution in [0.3, 0.4) is 0 Å². The normalized spacial score (nSPS) is 11.7. The van der Waals surface area contributed by atoms with Gasteiger partial charge in [-0.15, -0.1) is 0 Å². The van der Waals surface area contributed by atoms with Crippen molar-refractivity contribution in [2.45, 2.75) is 25.7 Å². The van der Waals surface area contributed by atoms with Gasteiger partial charge in [-0.05, 0) is 37.1 Å². The Balaban J connectivity index is 3.31. The second-order valence-electron chi connectivity index (χ2n) is 4.58. The van der Waals surface area contributed by atoms with E-state index in [1.165, 1.54) is 7.05 Å². The first-order valence-corrected chi connectivity index (χ1v) is 7.75. The number of nitrogens with zero attached hydrogens (tertiary/aromatic N) is 1. The fourth-order valence-corrected chi connectivity index (χ4v) is 3.61. The van der Waals surface area contributed by atoms with Crippen molar-refractivity contribution in [3.8, 4) is 0 Å². The smallest absolute Gasteiger partial charge is 0.243 e. The molecule has 1 aromatic carbocycles. The Bertz CT molecular complexity index is 612. The number of rotatable bonds is 5. The zero-order chi connectivity index (χ0) is 15.5. The first-order chi connectivity index (χ1) is 9.23. The number of aryl methyl sites for hydroxylation is 1. The third-order valence-corrected chi connectivity index (χ3v) is 5.16. The molecule has 1 aromatic rings. The van der Waals surface area contributed by atoms with Crippen LogP contribution < -0.4 is 11.1 Å². The van der Waals surface area contributed by atoms with Crippen LogP contribution in [0.4, 0.5) is 5.69 Å². The van der Waals surface area contributed by atoms with Gasteiger partial charge in [-0.3, -0.25) is 4.79 Å². The van der Waals surface area contributed by atoms with E-state index in [0.717, 1.165) is 9.87 Å². The Morgan fingerprint density at radius 2 is 1.95 bits per heavy atom. The lowest BCUT2D eigenvalue weighted by atomic mass is 10.1. The van der Waals surface area contributed by atoms with Gasteiger partial charge in [0.2, 0.25) is 15.9 Å². The van der Waals surface area contributed by atoms with Gasteiger partial charge in [-0.2, -0.15) is 4.31 Å². The molecule has 0 saturated heterocycles. The summed E-state index contributed by atoms with van der Waals surface area (Å²) in [6, 6.07) is 3.30. The minimum atomic E-state index is -3.74. The molecule has 0 bridgehead atoms. The van der Waals surface area contributed by atoms with Gasteiger partial charge >= 0.3 is 0 Å². The van der Waals surface area contributed by atoms with Gasteiger partial charge in [0.05, 0.1) is 11.4 Å². The molecule has 3 N–H and O–H groups in total. The van der Waals surface area contributed by atoms with E-state index in [9.17, 15) is 13.2 Å². The van der Waals surface area contributed by atoms with Crippen molar-refractivity contribution >= 4 is 21.6 Å². The molecule has 112 valence electrons. The number of hydrogen-bond acceptors (Lipinski definition) is 4. The molecule has 0 aliphatic heterocycles. The second kappa shape index (κ2) is 6.23. The average Bonchev–Trinajstić information content (AvgIpc) is 2.39. The van der Waals surface area contributed by atoms with Crippen molar-refractivity contribution in [3.05, 3.63) is 23.3 Å². The van der Waals surface area contributed by atoms with Crippen LogP contribution in [0.5, 0.6) is 0 Å². The number of nitrogens with one attached hydrogen (secondary N) is 1. The van der Waals surface area contributed by atoms with Gasteiger partial charge in [-0.1, -0.05) is 6.92 Å². The molecule has 0 spiro atoms. The third-order valence-electron chi connectivity index (χ3n) is 3.11. The standard InChI is InChI=1S/C13H21N3O3S/c1-5-16(8-13(17)15-4)20(18,19)12-7-9(2)6-11(14)10(12)3/h6-7H,5,8,14H2,1-4H3,(H,15,17). The van der Waals surface area contributed by atoms with Crippen molar-refractivity contribution in [1.29, 1.82) is 0 Å². The minimum Gasteiger partial charge on any atom is -0.398 e. The van der Waals surface area contributed by atoms with Gasteiger partial charge in [0.15, 0.2) is 0 Å². The van der Waals surface area contributed by atoms with E-state index < -0.39 is 10.0 Å². The summed E-state index contributed by atoms with van der Waals surface area (Å²) >= 11 is 0. The van der Waals surface area contributed by atoms with Gasteiger partial charge in [0.1, 0.15) is 0 Å².